The van der Waals surface area contributed by atoms with E-state index in [1.54, 1.807) is 0 Å². The van der Waals surface area contributed by atoms with E-state index < -0.39 is 11.6 Å². The Labute approximate surface area is 80.7 Å². The van der Waals surface area contributed by atoms with Crippen LogP contribution in [0.15, 0.2) is 6.07 Å². The molecule has 0 aliphatic carbocycles. The first-order valence-electron chi connectivity index (χ1n) is 4.56. The largest absolute Gasteiger partial charge is 0.492 e. The van der Waals surface area contributed by atoms with Crippen LogP contribution in [0.2, 0.25) is 0 Å². The molecule has 0 amide bonds. The number of nitrogens with two attached hydrogens (primary N) is 1. The van der Waals surface area contributed by atoms with Gasteiger partial charge < -0.3 is 10.5 Å². The molecule has 0 aromatic heterocycles. The molecule has 1 aliphatic rings. The molecule has 0 radical (unpaired) electrons. The van der Waals surface area contributed by atoms with E-state index in [1.807, 2.05) is 0 Å². The molecule has 0 bridgehead atoms. The van der Waals surface area contributed by atoms with Crippen LogP contribution in [0.3, 0.4) is 0 Å². The molecule has 1 aromatic rings. The summed E-state index contributed by atoms with van der Waals surface area (Å²) in [4.78, 5) is 0. The molecular formula is C10H11F2NO. The Kier molecular flexibility index (Phi) is 2.37. The molecule has 76 valence electrons. The van der Waals surface area contributed by atoms with Crippen molar-refractivity contribution in [3.8, 4) is 5.75 Å². The van der Waals surface area contributed by atoms with Gasteiger partial charge in [0.05, 0.1) is 6.61 Å². The zero-order valence-electron chi connectivity index (χ0n) is 7.65. The molecule has 4 heteroatoms. The normalized spacial score (nSPS) is 13.9. The van der Waals surface area contributed by atoms with Gasteiger partial charge >= 0.3 is 0 Å². The quantitative estimate of drug-likeness (QED) is 0.781. The van der Waals surface area contributed by atoms with Crippen LogP contribution >= 0.6 is 0 Å². The molecule has 1 aromatic carbocycles. The molecular weight excluding hydrogens is 188 g/mol. The molecule has 2 rings (SSSR count). The summed E-state index contributed by atoms with van der Waals surface area (Å²) in [5.41, 5.74) is 6.23. The van der Waals surface area contributed by atoms with Crippen LogP contribution in [-0.4, -0.2) is 13.2 Å². The second-order valence-electron chi connectivity index (χ2n) is 3.26. The average Bonchev–Trinajstić information content (AvgIpc) is 2.60. The average molecular weight is 199 g/mol. The minimum atomic E-state index is -0.561. The number of fused-ring (bicyclic) bond motifs is 1. The lowest BCUT2D eigenvalue weighted by molar-refractivity contribution is 0.351. The van der Waals surface area contributed by atoms with Crippen LogP contribution in [0.25, 0.3) is 0 Å². The lowest BCUT2D eigenvalue weighted by Gasteiger charge is -2.08. The smallest absolute Gasteiger partial charge is 0.133 e. The van der Waals surface area contributed by atoms with Gasteiger partial charge in [0, 0.05) is 23.6 Å². The summed E-state index contributed by atoms with van der Waals surface area (Å²) in [5.74, 6) is -0.711. The van der Waals surface area contributed by atoms with E-state index in [9.17, 15) is 8.78 Å². The first kappa shape index (κ1) is 9.40. The summed E-state index contributed by atoms with van der Waals surface area (Å²) < 4.78 is 31.7. The van der Waals surface area contributed by atoms with Gasteiger partial charge in [0.2, 0.25) is 0 Å². The van der Waals surface area contributed by atoms with Crippen LogP contribution in [0, 0.1) is 11.6 Å². The van der Waals surface area contributed by atoms with E-state index >= 15 is 0 Å². The SMILES string of the molecule is NCCc1c(F)cc(F)c2c1OCC2. The standard InChI is InChI=1S/C10H11F2NO/c11-8-5-9(12)7-2-4-14-10(7)6(8)1-3-13/h5H,1-4,13H2. The fourth-order valence-electron chi connectivity index (χ4n) is 1.72. The molecule has 1 aliphatic heterocycles. The summed E-state index contributed by atoms with van der Waals surface area (Å²) in [7, 11) is 0. The zero-order chi connectivity index (χ0) is 10.1. The number of halogens is 2. The molecule has 14 heavy (non-hydrogen) atoms. The Hall–Kier alpha value is -1.16. The van der Waals surface area contributed by atoms with Gasteiger partial charge in [0.25, 0.3) is 0 Å². The van der Waals surface area contributed by atoms with Gasteiger partial charge in [-0.1, -0.05) is 0 Å². The predicted octanol–water partition coefficient (Wildman–Crippen LogP) is 1.40. The Balaban J connectivity index is 2.54. The van der Waals surface area contributed by atoms with E-state index in [-0.39, 0.29) is 0 Å². The first-order valence-corrected chi connectivity index (χ1v) is 4.56. The summed E-state index contributed by atoms with van der Waals surface area (Å²) in [6, 6.07) is 0.915. The van der Waals surface area contributed by atoms with Crippen LogP contribution in [0.5, 0.6) is 5.75 Å². The number of hydrogen-bond acceptors (Lipinski definition) is 2. The summed E-state index contributed by atoms with van der Waals surface area (Å²) in [6.07, 6.45) is 0.896. The second-order valence-corrected chi connectivity index (χ2v) is 3.26. The van der Waals surface area contributed by atoms with Gasteiger partial charge in [-0.3, -0.25) is 0 Å². The highest BCUT2D eigenvalue weighted by molar-refractivity contribution is 5.45. The van der Waals surface area contributed by atoms with Crippen molar-refractivity contribution in [3.63, 3.8) is 0 Å². The Morgan fingerprint density at radius 3 is 2.86 bits per heavy atom. The number of ether oxygens (including phenoxy) is 1. The Morgan fingerprint density at radius 2 is 2.14 bits per heavy atom. The second kappa shape index (κ2) is 3.53. The van der Waals surface area contributed by atoms with Gasteiger partial charge in [0.1, 0.15) is 17.4 Å². The highest BCUT2D eigenvalue weighted by Gasteiger charge is 2.23. The van der Waals surface area contributed by atoms with Crippen molar-refractivity contribution in [3.05, 3.63) is 28.8 Å². The minimum absolute atomic E-state index is 0.332. The van der Waals surface area contributed by atoms with Gasteiger partial charge in [-0.25, -0.2) is 8.78 Å². The van der Waals surface area contributed by atoms with Crippen molar-refractivity contribution >= 4 is 0 Å². The summed E-state index contributed by atoms with van der Waals surface area (Å²) >= 11 is 0. The third kappa shape index (κ3) is 1.35. The van der Waals surface area contributed by atoms with Crippen LogP contribution < -0.4 is 10.5 Å². The number of benzene rings is 1. The van der Waals surface area contributed by atoms with E-state index in [1.165, 1.54) is 0 Å². The number of hydrogen-bond donors (Lipinski definition) is 1. The van der Waals surface area contributed by atoms with Crippen molar-refractivity contribution in [2.45, 2.75) is 12.8 Å². The Bertz CT molecular complexity index is 366. The minimum Gasteiger partial charge on any atom is -0.492 e. The van der Waals surface area contributed by atoms with E-state index in [0.717, 1.165) is 6.07 Å². The van der Waals surface area contributed by atoms with Crippen LogP contribution in [0.4, 0.5) is 8.78 Å². The molecule has 0 fully saturated rings. The van der Waals surface area contributed by atoms with E-state index in [0.29, 0.717) is 42.9 Å². The van der Waals surface area contributed by atoms with Crippen molar-refractivity contribution in [1.82, 2.24) is 0 Å². The van der Waals surface area contributed by atoms with Crippen LogP contribution in [0.1, 0.15) is 11.1 Å². The Morgan fingerprint density at radius 1 is 1.36 bits per heavy atom. The highest BCUT2D eigenvalue weighted by atomic mass is 19.1. The molecule has 2 nitrogen and oxygen atoms in total. The first-order chi connectivity index (χ1) is 6.74. The lowest BCUT2D eigenvalue weighted by atomic mass is 10.0. The molecule has 0 saturated carbocycles. The van der Waals surface area contributed by atoms with Crippen molar-refractivity contribution in [1.29, 1.82) is 0 Å². The lowest BCUT2D eigenvalue weighted by Crippen LogP contribution is -2.06. The molecule has 0 saturated heterocycles. The number of rotatable bonds is 2. The van der Waals surface area contributed by atoms with Gasteiger partial charge in [-0.05, 0) is 13.0 Å². The van der Waals surface area contributed by atoms with Crippen molar-refractivity contribution in [2.24, 2.45) is 5.73 Å². The molecule has 0 atom stereocenters. The topological polar surface area (TPSA) is 35.2 Å². The third-order valence-electron chi connectivity index (χ3n) is 2.37. The van der Waals surface area contributed by atoms with Gasteiger partial charge in [-0.15, -0.1) is 0 Å². The highest BCUT2D eigenvalue weighted by Crippen LogP contribution is 2.33. The fraction of sp³-hybridized carbons (Fsp3) is 0.400. The van der Waals surface area contributed by atoms with Crippen molar-refractivity contribution < 1.29 is 13.5 Å². The van der Waals surface area contributed by atoms with Crippen LogP contribution in [-0.2, 0) is 12.8 Å². The van der Waals surface area contributed by atoms with Gasteiger partial charge in [-0.2, -0.15) is 0 Å². The predicted molar refractivity (Wildman–Crippen MR) is 48.3 cm³/mol. The van der Waals surface area contributed by atoms with E-state index in [4.69, 9.17) is 10.5 Å². The maximum Gasteiger partial charge on any atom is 0.133 e. The van der Waals surface area contributed by atoms with Crippen molar-refractivity contribution in [2.75, 3.05) is 13.2 Å². The maximum atomic E-state index is 13.3. The summed E-state index contributed by atoms with van der Waals surface area (Å²) in [6.45, 7) is 0.756. The monoisotopic (exact) mass is 199 g/mol. The molecule has 1 heterocycles. The fourth-order valence-corrected chi connectivity index (χ4v) is 1.72. The van der Waals surface area contributed by atoms with E-state index in [2.05, 4.69) is 0 Å². The molecule has 2 N–H and O–H groups in total. The molecule has 0 unspecified atom stereocenters. The van der Waals surface area contributed by atoms with Gasteiger partial charge in [0.15, 0.2) is 0 Å². The third-order valence-corrected chi connectivity index (χ3v) is 2.37. The summed E-state index contributed by atoms with van der Waals surface area (Å²) in [5, 5.41) is 0. The maximum absolute atomic E-state index is 13.3. The molecule has 0 spiro atoms. The zero-order valence-corrected chi connectivity index (χ0v) is 7.65.